The highest BCUT2D eigenvalue weighted by Crippen LogP contribution is 2.29. The molecule has 3 rings (SSSR count). The molecule has 7 nitrogen and oxygen atoms in total. The third-order valence-electron chi connectivity index (χ3n) is 4.20. The van der Waals surface area contributed by atoms with Gasteiger partial charge in [0.1, 0.15) is 6.61 Å². The van der Waals surface area contributed by atoms with E-state index in [0.717, 1.165) is 5.06 Å². The third kappa shape index (κ3) is 3.41. The van der Waals surface area contributed by atoms with Crippen LogP contribution in [0.5, 0.6) is 0 Å². The number of fused-ring (bicyclic) bond motifs is 1. The summed E-state index contributed by atoms with van der Waals surface area (Å²) in [5.41, 5.74) is 0.882. The Labute approximate surface area is 156 Å². The van der Waals surface area contributed by atoms with Gasteiger partial charge in [-0.05, 0) is 39.0 Å². The van der Waals surface area contributed by atoms with Gasteiger partial charge in [-0.25, -0.2) is 4.79 Å². The number of hydrogen-bond acceptors (Lipinski definition) is 4. The molecule has 0 aliphatic carbocycles. The second-order valence-corrected chi connectivity index (χ2v) is 7.14. The van der Waals surface area contributed by atoms with Crippen molar-refractivity contribution in [2.75, 3.05) is 4.90 Å². The molecule has 0 aromatic heterocycles. The smallest absolute Gasteiger partial charge is 0.412 e. The normalized spacial score (nSPS) is 13.7. The fraction of sp³-hybridized carbons (Fsp3) is 0.250. The molecule has 0 saturated carbocycles. The van der Waals surface area contributed by atoms with E-state index in [1.165, 1.54) is 4.90 Å². The van der Waals surface area contributed by atoms with Crippen LogP contribution in [0.25, 0.3) is 0 Å². The molecule has 0 bridgehead atoms. The summed E-state index contributed by atoms with van der Waals surface area (Å²) in [5, 5.41) is 10.4. The Balaban J connectivity index is 1.85. The van der Waals surface area contributed by atoms with Gasteiger partial charge in [0.25, 0.3) is 11.8 Å². The van der Waals surface area contributed by atoms with Crippen LogP contribution in [0.3, 0.4) is 0 Å². The van der Waals surface area contributed by atoms with Crippen molar-refractivity contribution in [3.63, 3.8) is 0 Å². The summed E-state index contributed by atoms with van der Waals surface area (Å²) >= 11 is 0. The number of hydrogen-bond donors (Lipinski definition) is 1. The van der Waals surface area contributed by atoms with Gasteiger partial charge in [0, 0.05) is 11.1 Å². The number of carbonyl (C=O) groups excluding carboxylic acids is 2. The van der Waals surface area contributed by atoms with E-state index in [-0.39, 0.29) is 17.7 Å². The van der Waals surface area contributed by atoms with Crippen molar-refractivity contribution in [2.45, 2.75) is 32.9 Å². The minimum Gasteiger partial charge on any atom is -0.465 e. The molecule has 1 N–H and O–H groups in total. The largest absolute Gasteiger partial charge is 0.465 e. The number of nitrogens with zero attached hydrogens (tertiary/aromatic N) is 2. The summed E-state index contributed by atoms with van der Waals surface area (Å²) in [6, 6.07) is 13.3. The standard InChI is InChI=1S/C20H20N2O5/c1-20(2,3)21(19(25)26)16-11-7-4-8-13(16)12-27-22-17(23)14-9-5-6-10-15(14)18(22)24/h4-11H,12H2,1-3H3,(H,25,26). The van der Waals surface area contributed by atoms with E-state index in [2.05, 4.69) is 0 Å². The molecule has 0 spiro atoms. The fourth-order valence-electron chi connectivity index (χ4n) is 3.02. The van der Waals surface area contributed by atoms with Crippen LogP contribution in [0.4, 0.5) is 10.5 Å². The lowest BCUT2D eigenvalue weighted by atomic mass is 10.0. The first-order valence-corrected chi connectivity index (χ1v) is 8.43. The number of para-hydroxylation sites is 1. The van der Waals surface area contributed by atoms with Crippen molar-refractivity contribution in [2.24, 2.45) is 0 Å². The van der Waals surface area contributed by atoms with Crippen molar-refractivity contribution >= 4 is 23.6 Å². The predicted molar refractivity (Wildman–Crippen MR) is 98.4 cm³/mol. The fourth-order valence-corrected chi connectivity index (χ4v) is 3.02. The molecule has 140 valence electrons. The predicted octanol–water partition coefficient (Wildman–Crippen LogP) is 3.70. The number of rotatable bonds is 4. The summed E-state index contributed by atoms with van der Waals surface area (Å²) in [7, 11) is 0. The van der Waals surface area contributed by atoms with Crippen molar-refractivity contribution in [1.82, 2.24) is 5.06 Å². The first kappa shape index (κ1) is 18.6. The van der Waals surface area contributed by atoms with Crippen LogP contribution >= 0.6 is 0 Å². The first-order chi connectivity index (χ1) is 12.7. The Hall–Kier alpha value is -3.19. The quantitative estimate of drug-likeness (QED) is 0.832. The number of anilines is 1. The zero-order valence-electron chi connectivity index (χ0n) is 15.3. The number of imide groups is 1. The Morgan fingerprint density at radius 1 is 1.00 bits per heavy atom. The van der Waals surface area contributed by atoms with Gasteiger partial charge >= 0.3 is 6.09 Å². The highest BCUT2D eigenvalue weighted by molar-refractivity contribution is 6.20. The zero-order valence-corrected chi connectivity index (χ0v) is 15.3. The van der Waals surface area contributed by atoms with E-state index in [0.29, 0.717) is 11.3 Å². The van der Waals surface area contributed by atoms with Gasteiger partial charge in [0.2, 0.25) is 0 Å². The van der Waals surface area contributed by atoms with Gasteiger partial charge in [-0.15, -0.1) is 5.06 Å². The lowest BCUT2D eigenvalue weighted by Crippen LogP contribution is -2.45. The number of carbonyl (C=O) groups is 3. The van der Waals surface area contributed by atoms with E-state index in [4.69, 9.17) is 4.84 Å². The maximum Gasteiger partial charge on any atom is 0.412 e. The Bertz CT molecular complexity index is 882. The second-order valence-electron chi connectivity index (χ2n) is 7.14. The van der Waals surface area contributed by atoms with Crippen LogP contribution in [0.1, 0.15) is 47.1 Å². The SMILES string of the molecule is CC(C)(C)N(C(=O)O)c1ccccc1CON1C(=O)c2ccccc2C1=O. The van der Waals surface area contributed by atoms with Gasteiger partial charge in [-0.2, -0.15) is 0 Å². The Kier molecular flexibility index (Phi) is 4.72. The van der Waals surface area contributed by atoms with E-state index in [1.54, 1.807) is 69.3 Å². The monoisotopic (exact) mass is 368 g/mol. The van der Waals surface area contributed by atoms with Crippen LogP contribution < -0.4 is 4.90 Å². The Morgan fingerprint density at radius 3 is 2.04 bits per heavy atom. The molecule has 1 heterocycles. The number of carboxylic acid groups (broad SMARTS) is 1. The molecule has 0 saturated heterocycles. The summed E-state index contributed by atoms with van der Waals surface area (Å²) in [5.74, 6) is -1.06. The van der Waals surface area contributed by atoms with Crippen LogP contribution in [0.15, 0.2) is 48.5 Å². The van der Waals surface area contributed by atoms with Crippen molar-refractivity contribution in [3.8, 4) is 0 Å². The molecule has 1 aliphatic heterocycles. The number of amides is 3. The molecule has 0 atom stereocenters. The van der Waals surface area contributed by atoms with Crippen molar-refractivity contribution < 1.29 is 24.3 Å². The lowest BCUT2D eigenvalue weighted by Gasteiger charge is -2.34. The highest BCUT2D eigenvalue weighted by atomic mass is 16.7. The molecule has 0 fully saturated rings. The molecular weight excluding hydrogens is 348 g/mol. The second kappa shape index (κ2) is 6.85. The topological polar surface area (TPSA) is 87.2 Å². The van der Waals surface area contributed by atoms with Gasteiger partial charge in [0.15, 0.2) is 0 Å². The summed E-state index contributed by atoms with van der Waals surface area (Å²) in [4.78, 5) is 43.3. The highest BCUT2D eigenvalue weighted by Gasteiger charge is 2.37. The van der Waals surface area contributed by atoms with Crippen LogP contribution in [0, 0.1) is 0 Å². The zero-order chi connectivity index (χ0) is 19.8. The molecule has 27 heavy (non-hydrogen) atoms. The van der Waals surface area contributed by atoms with E-state index < -0.39 is 23.4 Å². The van der Waals surface area contributed by atoms with Gasteiger partial charge in [-0.3, -0.25) is 19.3 Å². The van der Waals surface area contributed by atoms with Gasteiger partial charge in [0.05, 0.1) is 16.8 Å². The molecular formula is C20H20N2O5. The van der Waals surface area contributed by atoms with Gasteiger partial charge in [-0.1, -0.05) is 30.3 Å². The van der Waals surface area contributed by atoms with E-state index in [9.17, 15) is 19.5 Å². The van der Waals surface area contributed by atoms with Crippen molar-refractivity contribution in [1.29, 1.82) is 0 Å². The number of benzene rings is 2. The summed E-state index contributed by atoms with van der Waals surface area (Å²) in [6.07, 6.45) is -1.10. The van der Waals surface area contributed by atoms with Crippen LogP contribution in [-0.2, 0) is 11.4 Å². The lowest BCUT2D eigenvalue weighted by molar-refractivity contribution is -0.100. The molecule has 0 unspecified atom stereocenters. The average molecular weight is 368 g/mol. The van der Waals surface area contributed by atoms with E-state index >= 15 is 0 Å². The molecule has 1 aliphatic rings. The minimum atomic E-state index is -1.10. The van der Waals surface area contributed by atoms with E-state index in [1.807, 2.05) is 0 Å². The average Bonchev–Trinajstić information content (AvgIpc) is 2.84. The number of hydroxylamine groups is 2. The first-order valence-electron chi connectivity index (χ1n) is 8.43. The van der Waals surface area contributed by atoms with Crippen molar-refractivity contribution in [3.05, 3.63) is 65.2 Å². The van der Waals surface area contributed by atoms with Gasteiger partial charge < -0.3 is 5.11 Å². The molecule has 0 radical (unpaired) electrons. The third-order valence-corrected chi connectivity index (χ3v) is 4.20. The Morgan fingerprint density at radius 2 is 1.52 bits per heavy atom. The molecule has 2 aromatic rings. The summed E-state index contributed by atoms with van der Waals surface area (Å²) in [6.45, 7) is 5.22. The molecule has 3 amide bonds. The maximum absolute atomic E-state index is 12.4. The maximum atomic E-state index is 12.4. The molecule has 7 heteroatoms. The van der Waals surface area contributed by atoms with Crippen LogP contribution in [0.2, 0.25) is 0 Å². The van der Waals surface area contributed by atoms with Crippen LogP contribution in [-0.4, -0.2) is 33.6 Å². The minimum absolute atomic E-state index is 0.124. The molecule has 2 aromatic carbocycles. The summed E-state index contributed by atoms with van der Waals surface area (Å²) < 4.78 is 0.